The van der Waals surface area contributed by atoms with Crippen molar-refractivity contribution in [3.05, 3.63) is 29.8 Å². The summed E-state index contributed by atoms with van der Waals surface area (Å²) >= 11 is 0. The normalized spacial score (nSPS) is 15.1. The molecule has 1 heterocycles. The number of guanidine groups is 1. The standard InChI is InChI=1S/C20H32N4O2.HI/c1-4-22-20(23-12-9-16-5-7-18(26-3)8-6-16)24-13-10-17(11-14-24)15-19(25)21-2;/h5-8,17H,4,9-15H2,1-3H3,(H,21,25)(H,22,23);1H. The van der Waals surface area contributed by atoms with Gasteiger partial charge in [-0.15, -0.1) is 24.0 Å². The van der Waals surface area contributed by atoms with Crippen molar-refractivity contribution in [1.29, 1.82) is 0 Å². The molecule has 2 N–H and O–H groups in total. The van der Waals surface area contributed by atoms with Crippen LogP contribution in [-0.2, 0) is 11.2 Å². The second-order valence-electron chi connectivity index (χ2n) is 6.64. The number of likely N-dealkylation sites (tertiary alicyclic amines) is 1. The molecule has 6 nitrogen and oxygen atoms in total. The number of hydrogen-bond donors (Lipinski definition) is 2. The molecule has 7 heteroatoms. The minimum atomic E-state index is 0. The number of ether oxygens (including phenoxy) is 1. The highest BCUT2D eigenvalue weighted by molar-refractivity contribution is 14.0. The van der Waals surface area contributed by atoms with E-state index in [1.165, 1.54) is 5.56 Å². The van der Waals surface area contributed by atoms with E-state index in [-0.39, 0.29) is 29.9 Å². The molecule has 1 aliphatic heterocycles. The van der Waals surface area contributed by atoms with Crippen molar-refractivity contribution >= 4 is 35.8 Å². The van der Waals surface area contributed by atoms with Crippen molar-refractivity contribution in [2.24, 2.45) is 10.9 Å². The van der Waals surface area contributed by atoms with E-state index in [1.807, 2.05) is 12.1 Å². The third kappa shape index (κ3) is 7.94. The summed E-state index contributed by atoms with van der Waals surface area (Å²) in [6.45, 7) is 5.62. The Morgan fingerprint density at radius 3 is 2.48 bits per heavy atom. The molecule has 0 aliphatic carbocycles. The molecule has 0 unspecified atom stereocenters. The van der Waals surface area contributed by atoms with Crippen molar-refractivity contribution in [1.82, 2.24) is 15.5 Å². The molecule has 1 aromatic rings. The summed E-state index contributed by atoms with van der Waals surface area (Å²) in [7, 11) is 3.38. The Labute approximate surface area is 180 Å². The fourth-order valence-electron chi connectivity index (χ4n) is 3.22. The van der Waals surface area contributed by atoms with Crippen LogP contribution in [0.25, 0.3) is 0 Å². The van der Waals surface area contributed by atoms with Crippen LogP contribution in [0.15, 0.2) is 29.3 Å². The lowest BCUT2D eigenvalue weighted by molar-refractivity contribution is -0.121. The summed E-state index contributed by atoms with van der Waals surface area (Å²) in [4.78, 5) is 18.7. The molecule has 1 aliphatic rings. The lowest BCUT2D eigenvalue weighted by Crippen LogP contribution is -2.46. The van der Waals surface area contributed by atoms with Crippen LogP contribution < -0.4 is 15.4 Å². The van der Waals surface area contributed by atoms with Crippen LogP contribution >= 0.6 is 24.0 Å². The van der Waals surface area contributed by atoms with Gasteiger partial charge in [0.15, 0.2) is 5.96 Å². The van der Waals surface area contributed by atoms with Gasteiger partial charge in [-0.3, -0.25) is 9.79 Å². The van der Waals surface area contributed by atoms with Gasteiger partial charge in [0.1, 0.15) is 5.75 Å². The number of halogens is 1. The summed E-state index contributed by atoms with van der Waals surface area (Å²) in [5, 5.41) is 6.12. The van der Waals surface area contributed by atoms with Crippen LogP contribution in [0.2, 0.25) is 0 Å². The number of piperidine rings is 1. The Kier molecular flexibility index (Phi) is 11.2. The number of benzene rings is 1. The highest BCUT2D eigenvalue weighted by Gasteiger charge is 2.22. The Morgan fingerprint density at radius 1 is 1.26 bits per heavy atom. The number of amides is 1. The molecule has 0 atom stereocenters. The number of carbonyl (C=O) groups excluding carboxylic acids is 1. The van der Waals surface area contributed by atoms with Crippen LogP contribution in [0.3, 0.4) is 0 Å². The Balaban J connectivity index is 0.00000364. The van der Waals surface area contributed by atoms with Crippen molar-refractivity contribution in [2.45, 2.75) is 32.6 Å². The summed E-state index contributed by atoms with van der Waals surface area (Å²) in [5.41, 5.74) is 1.26. The zero-order valence-corrected chi connectivity index (χ0v) is 19.0. The quantitative estimate of drug-likeness (QED) is 0.352. The third-order valence-corrected chi connectivity index (χ3v) is 4.82. The molecule has 2 rings (SSSR count). The third-order valence-electron chi connectivity index (χ3n) is 4.82. The average Bonchev–Trinajstić information content (AvgIpc) is 2.68. The minimum Gasteiger partial charge on any atom is -0.497 e. The summed E-state index contributed by atoms with van der Waals surface area (Å²) < 4.78 is 5.19. The molecule has 27 heavy (non-hydrogen) atoms. The fraction of sp³-hybridized carbons (Fsp3) is 0.600. The minimum absolute atomic E-state index is 0. The van der Waals surface area contributed by atoms with E-state index in [2.05, 4.69) is 34.6 Å². The van der Waals surface area contributed by atoms with E-state index in [4.69, 9.17) is 9.73 Å². The number of nitrogens with one attached hydrogen (secondary N) is 2. The molecule has 0 saturated carbocycles. The molecule has 152 valence electrons. The van der Waals surface area contributed by atoms with Crippen LogP contribution in [0.1, 0.15) is 31.7 Å². The molecule has 0 radical (unpaired) electrons. The number of nitrogens with zero attached hydrogens (tertiary/aromatic N) is 2. The van der Waals surface area contributed by atoms with Gasteiger partial charge in [-0.05, 0) is 49.8 Å². The van der Waals surface area contributed by atoms with Crippen LogP contribution in [0.5, 0.6) is 5.75 Å². The summed E-state index contributed by atoms with van der Waals surface area (Å²) in [5.74, 6) is 2.49. The maximum Gasteiger partial charge on any atom is 0.220 e. The topological polar surface area (TPSA) is 66.0 Å². The van der Waals surface area contributed by atoms with Crippen molar-refractivity contribution in [2.75, 3.05) is 40.3 Å². The lowest BCUT2D eigenvalue weighted by Gasteiger charge is -2.34. The summed E-state index contributed by atoms with van der Waals surface area (Å²) in [6, 6.07) is 8.15. The van der Waals surface area contributed by atoms with Gasteiger partial charge in [-0.2, -0.15) is 0 Å². The van der Waals surface area contributed by atoms with Crippen molar-refractivity contribution in [3.8, 4) is 5.75 Å². The van der Waals surface area contributed by atoms with E-state index < -0.39 is 0 Å². The molecule has 0 aromatic heterocycles. The van der Waals surface area contributed by atoms with Gasteiger partial charge in [0.2, 0.25) is 5.91 Å². The highest BCUT2D eigenvalue weighted by Crippen LogP contribution is 2.20. The largest absolute Gasteiger partial charge is 0.497 e. The molecule has 0 bridgehead atoms. The molecular weight excluding hydrogens is 455 g/mol. The Bertz CT molecular complexity index is 584. The molecule has 1 fully saturated rings. The second-order valence-corrected chi connectivity index (χ2v) is 6.64. The van der Waals surface area contributed by atoms with Crippen LogP contribution in [0, 0.1) is 5.92 Å². The van der Waals surface area contributed by atoms with Crippen molar-refractivity contribution in [3.63, 3.8) is 0 Å². The first kappa shape index (κ1) is 23.5. The zero-order chi connectivity index (χ0) is 18.8. The molecule has 0 spiro atoms. The maximum atomic E-state index is 11.5. The summed E-state index contributed by atoms with van der Waals surface area (Å²) in [6.07, 6.45) is 3.62. The van der Waals surface area contributed by atoms with E-state index >= 15 is 0 Å². The van der Waals surface area contributed by atoms with E-state index in [0.717, 1.165) is 57.2 Å². The van der Waals surface area contributed by atoms with Gasteiger partial charge >= 0.3 is 0 Å². The molecule has 1 amide bonds. The molecule has 1 aromatic carbocycles. The predicted molar refractivity (Wildman–Crippen MR) is 121 cm³/mol. The Hall–Kier alpha value is -1.51. The first-order valence-corrected chi connectivity index (χ1v) is 9.53. The smallest absolute Gasteiger partial charge is 0.220 e. The van der Waals surface area contributed by atoms with Gasteiger partial charge in [-0.1, -0.05) is 12.1 Å². The first-order chi connectivity index (χ1) is 12.7. The Morgan fingerprint density at radius 2 is 1.93 bits per heavy atom. The van der Waals surface area contributed by atoms with E-state index in [9.17, 15) is 4.79 Å². The predicted octanol–water partition coefficient (Wildman–Crippen LogP) is 2.67. The lowest BCUT2D eigenvalue weighted by atomic mass is 9.93. The van der Waals surface area contributed by atoms with Gasteiger partial charge in [-0.25, -0.2) is 0 Å². The van der Waals surface area contributed by atoms with Crippen LogP contribution in [0.4, 0.5) is 0 Å². The van der Waals surface area contributed by atoms with E-state index in [0.29, 0.717) is 12.3 Å². The zero-order valence-electron chi connectivity index (χ0n) is 16.7. The number of carbonyl (C=O) groups is 1. The highest BCUT2D eigenvalue weighted by atomic mass is 127. The van der Waals surface area contributed by atoms with E-state index in [1.54, 1.807) is 14.2 Å². The average molecular weight is 488 g/mol. The van der Waals surface area contributed by atoms with Gasteiger partial charge < -0.3 is 20.3 Å². The van der Waals surface area contributed by atoms with Crippen LogP contribution in [-0.4, -0.2) is 57.1 Å². The van der Waals surface area contributed by atoms with Gasteiger partial charge in [0.05, 0.1) is 7.11 Å². The number of rotatable bonds is 7. The first-order valence-electron chi connectivity index (χ1n) is 9.53. The molecule has 1 saturated heterocycles. The van der Waals surface area contributed by atoms with Crippen molar-refractivity contribution < 1.29 is 9.53 Å². The fourth-order valence-corrected chi connectivity index (χ4v) is 3.22. The van der Waals surface area contributed by atoms with Gasteiger partial charge in [0, 0.05) is 39.6 Å². The number of methoxy groups -OCH3 is 1. The maximum absolute atomic E-state index is 11.5. The SMILES string of the molecule is CCNC(=NCCc1ccc(OC)cc1)N1CCC(CC(=O)NC)CC1.I. The number of aliphatic imine (C=N–C) groups is 1. The second kappa shape index (κ2) is 12.8. The van der Waals surface area contributed by atoms with Gasteiger partial charge in [0.25, 0.3) is 0 Å². The number of hydrogen-bond acceptors (Lipinski definition) is 3. The monoisotopic (exact) mass is 488 g/mol. The molecular formula is C20H33IN4O2.